The van der Waals surface area contributed by atoms with Crippen LogP contribution >= 0.6 is 0 Å². The van der Waals surface area contributed by atoms with Gasteiger partial charge in [-0.15, -0.1) is 13.2 Å². The Morgan fingerprint density at radius 1 is 0.857 bits per heavy atom. The molecule has 0 radical (unpaired) electrons. The number of esters is 1. The molecule has 2 fully saturated rings. The van der Waals surface area contributed by atoms with E-state index < -0.39 is 34.6 Å². The molecule has 2 saturated carbocycles. The number of halogens is 4. The molecule has 1 N–H and O–H groups in total. The van der Waals surface area contributed by atoms with E-state index in [1.807, 2.05) is 0 Å². The molecule has 0 spiro atoms. The van der Waals surface area contributed by atoms with Gasteiger partial charge in [0, 0.05) is 25.7 Å². The monoisotopic (exact) mass is 408 g/mol. The van der Waals surface area contributed by atoms with E-state index in [1.165, 1.54) is 12.2 Å². The van der Waals surface area contributed by atoms with E-state index in [0.29, 0.717) is 0 Å². The number of aliphatic carboxylic acids is 1. The fourth-order valence-corrected chi connectivity index (χ4v) is 3.40. The summed E-state index contributed by atoms with van der Waals surface area (Å²) in [5, 5.41) is 8.84. The second kappa shape index (κ2) is 9.09. The predicted molar refractivity (Wildman–Crippen MR) is 96.4 cm³/mol. The summed E-state index contributed by atoms with van der Waals surface area (Å²) in [6.45, 7) is 8.93. The molecule has 0 saturated heterocycles. The molecule has 28 heavy (non-hydrogen) atoms. The first-order valence-electron chi connectivity index (χ1n) is 9.31. The van der Waals surface area contributed by atoms with Crippen molar-refractivity contribution in [3.8, 4) is 0 Å². The number of ether oxygens (including phenoxy) is 1. The van der Waals surface area contributed by atoms with Crippen LogP contribution in [0.25, 0.3) is 0 Å². The molecule has 0 heterocycles. The topological polar surface area (TPSA) is 63.6 Å². The Hall–Kier alpha value is -1.86. The highest BCUT2D eigenvalue weighted by atomic mass is 19.3. The van der Waals surface area contributed by atoms with Gasteiger partial charge in [0.25, 0.3) is 0 Å². The molecule has 2 rings (SSSR count). The minimum Gasteiger partial charge on any atom is -0.481 e. The van der Waals surface area contributed by atoms with E-state index in [4.69, 9.17) is 9.84 Å². The van der Waals surface area contributed by atoms with Gasteiger partial charge in [0.1, 0.15) is 0 Å². The van der Waals surface area contributed by atoms with Crippen molar-refractivity contribution < 1.29 is 37.0 Å². The Morgan fingerprint density at radius 2 is 1.21 bits per heavy atom. The first kappa shape index (κ1) is 24.2. The maximum Gasteiger partial charge on any atom is 0.315 e. The van der Waals surface area contributed by atoms with Gasteiger partial charge in [-0.1, -0.05) is 12.2 Å². The molecule has 0 atom stereocenters. The zero-order valence-corrected chi connectivity index (χ0v) is 16.1. The Bertz CT molecular complexity index is 581. The van der Waals surface area contributed by atoms with Crippen LogP contribution in [0.2, 0.25) is 0 Å². The molecule has 160 valence electrons. The minimum atomic E-state index is -2.69. The van der Waals surface area contributed by atoms with Crippen LogP contribution in [0.5, 0.6) is 0 Å². The number of carboxylic acid groups (broad SMARTS) is 1. The van der Waals surface area contributed by atoms with Crippen molar-refractivity contribution in [2.24, 2.45) is 10.8 Å². The third kappa shape index (κ3) is 5.82. The second-order valence-corrected chi connectivity index (χ2v) is 7.46. The summed E-state index contributed by atoms with van der Waals surface area (Å²) in [4.78, 5) is 22.4. The lowest BCUT2D eigenvalue weighted by molar-refractivity contribution is -0.158. The van der Waals surface area contributed by atoms with Gasteiger partial charge in [-0.2, -0.15) is 0 Å². The molecule has 2 aliphatic rings. The van der Waals surface area contributed by atoms with Crippen LogP contribution in [0.1, 0.15) is 58.3 Å². The third-order valence-electron chi connectivity index (χ3n) is 5.64. The van der Waals surface area contributed by atoms with Gasteiger partial charge in [-0.3, -0.25) is 9.59 Å². The fraction of sp³-hybridized carbons (Fsp3) is 0.700. The zero-order valence-electron chi connectivity index (χ0n) is 16.1. The van der Waals surface area contributed by atoms with E-state index in [0.717, 1.165) is 0 Å². The molecule has 0 bridgehead atoms. The number of alkyl halides is 4. The summed E-state index contributed by atoms with van der Waals surface area (Å²) in [5.74, 6) is -6.80. The van der Waals surface area contributed by atoms with E-state index in [9.17, 15) is 27.2 Å². The number of carboxylic acids is 1. The Balaban J connectivity index is 0.000000283. The molecule has 0 aliphatic heterocycles. The molecule has 0 unspecified atom stereocenters. The van der Waals surface area contributed by atoms with Crippen LogP contribution in [-0.4, -0.2) is 35.5 Å². The second-order valence-electron chi connectivity index (χ2n) is 7.46. The minimum absolute atomic E-state index is 0.0150. The number of carbonyl (C=O) groups is 2. The molecular weight excluding hydrogens is 380 g/mol. The molecule has 0 amide bonds. The highest BCUT2D eigenvalue weighted by Crippen LogP contribution is 2.45. The van der Waals surface area contributed by atoms with E-state index >= 15 is 0 Å². The average Bonchev–Trinajstić information content (AvgIpc) is 2.63. The molecule has 2 aliphatic carbocycles. The van der Waals surface area contributed by atoms with Crippen molar-refractivity contribution in [3.63, 3.8) is 0 Å². The third-order valence-corrected chi connectivity index (χ3v) is 5.64. The Kier molecular flexibility index (Phi) is 7.85. The van der Waals surface area contributed by atoms with Crippen LogP contribution in [0, 0.1) is 10.8 Å². The maximum atomic E-state index is 12.9. The van der Waals surface area contributed by atoms with Crippen molar-refractivity contribution in [2.75, 3.05) is 6.61 Å². The largest absolute Gasteiger partial charge is 0.481 e. The lowest BCUT2D eigenvalue weighted by atomic mass is 9.73. The van der Waals surface area contributed by atoms with Crippen molar-refractivity contribution in [2.45, 2.75) is 70.1 Å². The van der Waals surface area contributed by atoms with Crippen molar-refractivity contribution in [3.05, 3.63) is 25.3 Å². The predicted octanol–water partition coefficient (Wildman–Crippen LogP) is 5.38. The molecule has 4 nitrogen and oxygen atoms in total. The molecule has 8 heteroatoms. The summed E-state index contributed by atoms with van der Waals surface area (Å²) in [5.41, 5.74) is -2.01. The maximum absolute atomic E-state index is 12.9. The van der Waals surface area contributed by atoms with Crippen LogP contribution in [0.15, 0.2) is 25.3 Å². The Morgan fingerprint density at radius 3 is 1.50 bits per heavy atom. The summed E-state index contributed by atoms with van der Waals surface area (Å²) in [6.07, 6.45) is 1.72. The van der Waals surface area contributed by atoms with E-state index in [-0.39, 0.29) is 58.0 Å². The lowest BCUT2D eigenvalue weighted by Crippen LogP contribution is -2.38. The average molecular weight is 408 g/mol. The van der Waals surface area contributed by atoms with Gasteiger partial charge in [0.15, 0.2) is 0 Å². The summed E-state index contributed by atoms with van der Waals surface area (Å²) in [6, 6.07) is 0. The van der Waals surface area contributed by atoms with Gasteiger partial charge >= 0.3 is 11.9 Å². The normalized spacial score (nSPS) is 24.0. The SMILES string of the molecule is C=CC1(C(=O)O)CCC(F)(F)CC1.C=CC1(C(=O)OCC)CCC(F)(F)CC1. The van der Waals surface area contributed by atoms with Crippen molar-refractivity contribution in [1.82, 2.24) is 0 Å². The molecule has 0 aromatic rings. The number of carbonyl (C=O) groups excluding carboxylic acids is 1. The fourth-order valence-electron chi connectivity index (χ4n) is 3.40. The first-order chi connectivity index (χ1) is 12.9. The van der Waals surface area contributed by atoms with Gasteiger partial charge in [-0.05, 0) is 32.6 Å². The first-order valence-corrected chi connectivity index (χ1v) is 9.31. The lowest BCUT2D eigenvalue weighted by Gasteiger charge is -2.35. The smallest absolute Gasteiger partial charge is 0.315 e. The van der Waals surface area contributed by atoms with E-state index in [1.54, 1.807) is 6.92 Å². The van der Waals surface area contributed by atoms with Crippen LogP contribution in [0.4, 0.5) is 17.6 Å². The van der Waals surface area contributed by atoms with Gasteiger partial charge < -0.3 is 9.84 Å². The molecular formula is C20H28F4O4. The zero-order chi connectivity index (χ0) is 21.6. The van der Waals surface area contributed by atoms with Crippen LogP contribution in [0.3, 0.4) is 0 Å². The Labute approximate surface area is 162 Å². The number of hydrogen-bond donors (Lipinski definition) is 1. The van der Waals surface area contributed by atoms with Gasteiger partial charge in [0.2, 0.25) is 11.8 Å². The van der Waals surface area contributed by atoms with Crippen molar-refractivity contribution in [1.29, 1.82) is 0 Å². The van der Waals surface area contributed by atoms with E-state index in [2.05, 4.69) is 13.2 Å². The quantitative estimate of drug-likeness (QED) is 0.377. The summed E-state index contributed by atoms with van der Waals surface area (Å²) >= 11 is 0. The van der Waals surface area contributed by atoms with Gasteiger partial charge in [-0.25, -0.2) is 17.6 Å². The van der Waals surface area contributed by atoms with Crippen LogP contribution < -0.4 is 0 Å². The number of rotatable bonds is 5. The van der Waals surface area contributed by atoms with Gasteiger partial charge in [0.05, 0.1) is 17.4 Å². The highest BCUT2D eigenvalue weighted by molar-refractivity contribution is 5.79. The standard InChI is InChI=1S/C11H16F2O2.C9H12F2O2/c1-3-10(9(14)15-4-2)5-7-11(12,13)8-6-10;1-2-8(7(12)13)3-5-9(10,11)6-4-8/h3H,1,4-8H2,2H3;2H,1,3-6H2,(H,12,13). The van der Waals surface area contributed by atoms with Crippen LogP contribution in [-0.2, 0) is 14.3 Å². The molecule has 0 aromatic carbocycles. The summed E-state index contributed by atoms with van der Waals surface area (Å²) < 4.78 is 56.2. The highest BCUT2D eigenvalue weighted by Gasteiger charge is 2.47. The number of hydrogen-bond acceptors (Lipinski definition) is 3. The van der Waals surface area contributed by atoms with Crippen molar-refractivity contribution >= 4 is 11.9 Å². The molecule has 0 aromatic heterocycles. The summed E-state index contributed by atoms with van der Waals surface area (Å²) in [7, 11) is 0.